The molecule has 0 atom stereocenters. The van der Waals surface area contributed by atoms with Crippen LogP contribution >= 0.6 is 0 Å². The quantitative estimate of drug-likeness (QED) is 0.642. The lowest BCUT2D eigenvalue weighted by atomic mass is 10.3. The van der Waals surface area contributed by atoms with Gasteiger partial charge in [0.15, 0.2) is 5.75 Å². The predicted octanol–water partition coefficient (Wildman–Crippen LogP) is 2.64. The van der Waals surface area contributed by atoms with Gasteiger partial charge in [-0.25, -0.2) is 0 Å². The summed E-state index contributed by atoms with van der Waals surface area (Å²) in [5, 5.41) is 13.3. The van der Waals surface area contributed by atoms with Crippen LogP contribution in [0.1, 0.15) is 0 Å². The van der Waals surface area contributed by atoms with Crippen LogP contribution in [-0.2, 0) is 5.11 Å². The summed E-state index contributed by atoms with van der Waals surface area (Å²) in [6.45, 7) is 0. The summed E-state index contributed by atoms with van der Waals surface area (Å²) in [6.07, 6.45) is 0. The molecule has 0 amide bonds. The Morgan fingerprint density at radius 2 is 0.850 bits per heavy atom. The van der Waals surface area contributed by atoms with E-state index < -0.39 is 0 Å². The van der Waals surface area contributed by atoms with Crippen molar-refractivity contribution in [2.75, 3.05) is 0 Å². The van der Waals surface area contributed by atoms with E-state index in [2.05, 4.69) is 60.7 Å². The first-order valence-corrected chi connectivity index (χ1v) is 8.06. The van der Waals surface area contributed by atoms with Crippen molar-refractivity contribution in [3.05, 3.63) is 91.0 Å². The van der Waals surface area contributed by atoms with Crippen molar-refractivity contribution in [3.63, 3.8) is 0 Å². The smallest absolute Gasteiger partial charge is 0.178 e. The molecule has 0 aliphatic rings. The van der Waals surface area contributed by atoms with Crippen molar-refractivity contribution in [1.82, 2.24) is 0 Å². The third-order valence-electron chi connectivity index (χ3n) is 2.84. The van der Waals surface area contributed by atoms with Crippen LogP contribution in [-0.4, -0.2) is 9.52 Å². The van der Waals surface area contributed by atoms with Gasteiger partial charge in [0.05, 0.1) is 9.52 Å². The highest BCUT2D eigenvalue weighted by molar-refractivity contribution is 6.67. The topological polar surface area (TPSA) is 19.9 Å². The fourth-order valence-electron chi connectivity index (χ4n) is 1.85. The molecule has 0 aromatic heterocycles. The van der Waals surface area contributed by atoms with Gasteiger partial charge >= 0.3 is 0 Å². The Kier molecular flexibility index (Phi) is 5.62. The second-order valence-corrected chi connectivity index (χ2v) is 6.45. The largest absolute Gasteiger partial charge is 0.290 e. The van der Waals surface area contributed by atoms with Crippen LogP contribution in [0.25, 0.3) is 0 Å². The molecule has 20 heavy (non-hydrogen) atoms. The molecule has 0 unspecified atom stereocenters. The average Bonchev–Trinajstić information content (AvgIpc) is 2.51. The van der Waals surface area contributed by atoms with Crippen molar-refractivity contribution in [3.8, 4) is 5.75 Å². The number of rotatable bonds is 2. The summed E-state index contributed by atoms with van der Waals surface area (Å²) < 4.78 is 0. The highest BCUT2D eigenvalue weighted by atomic mass is 28.2. The monoisotopic (exact) mass is 277 g/mol. The highest BCUT2D eigenvalue weighted by Crippen LogP contribution is 2.04. The number of hydrogen-bond donors (Lipinski definition) is 0. The molecular formula is C18H17OSi. The number of hydrogen-bond acceptors (Lipinski definition) is 0. The first kappa shape index (κ1) is 14.1. The Morgan fingerprint density at radius 3 is 1.15 bits per heavy atom. The van der Waals surface area contributed by atoms with Crippen LogP contribution in [0, 0.1) is 0 Å². The van der Waals surface area contributed by atoms with E-state index in [1.54, 1.807) is 12.1 Å². The van der Waals surface area contributed by atoms with Crippen molar-refractivity contribution in [2.24, 2.45) is 0 Å². The van der Waals surface area contributed by atoms with Crippen molar-refractivity contribution in [1.29, 1.82) is 0 Å². The second kappa shape index (κ2) is 7.97. The maximum atomic E-state index is 10.3. The molecule has 0 heterocycles. The van der Waals surface area contributed by atoms with Gasteiger partial charge in [0.2, 0.25) is 0 Å². The van der Waals surface area contributed by atoms with Gasteiger partial charge in [0.25, 0.3) is 0 Å². The Bertz CT molecular complexity index is 557. The van der Waals surface area contributed by atoms with Gasteiger partial charge in [-0.3, -0.25) is 5.11 Å². The minimum atomic E-state index is -0.234. The molecule has 0 spiro atoms. The summed E-state index contributed by atoms with van der Waals surface area (Å²) in [6, 6.07) is 29.8. The Labute approximate surface area is 122 Å². The molecule has 0 saturated heterocycles. The van der Waals surface area contributed by atoms with Crippen molar-refractivity contribution >= 4 is 19.9 Å². The summed E-state index contributed by atoms with van der Waals surface area (Å²) in [4.78, 5) is 0. The minimum absolute atomic E-state index is 0.0718. The van der Waals surface area contributed by atoms with Gasteiger partial charge in [-0.2, -0.15) is 0 Å². The molecule has 1 nitrogen and oxygen atoms in total. The molecule has 1 radical (unpaired) electrons. The van der Waals surface area contributed by atoms with Gasteiger partial charge in [0.1, 0.15) is 0 Å². The van der Waals surface area contributed by atoms with E-state index in [9.17, 15) is 5.11 Å². The van der Waals surface area contributed by atoms with E-state index in [1.165, 1.54) is 22.5 Å². The van der Waals surface area contributed by atoms with Crippen LogP contribution in [0.15, 0.2) is 91.0 Å². The molecule has 0 bridgehead atoms. The third-order valence-corrected chi connectivity index (χ3v) is 4.60. The normalized spacial score (nSPS) is 9.40. The molecule has 0 fully saturated rings. The molecule has 3 rings (SSSR count). The average molecular weight is 277 g/mol. The van der Waals surface area contributed by atoms with Crippen LogP contribution in [0.5, 0.6) is 5.75 Å². The van der Waals surface area contributed by atoms with E-state index in [-0.39, 0.29) is 15.3 Å². The zero-order valence-electron chi connectivity index (χ0n) is 11.3. The Hall–Kier alpha value is -2.32. The van der Waals surface area contributed by atoms with Crippen LogP contribution in [0.4, 0.5) is 0 Å². The van der Waals surface area contributed by atoms with E-state index in [0.29, 0.717) is 0 Å². The van der Waals surface area contributed by atoms with E-state index in [4.69, 9.17) is 0 Å². The number of benzene rings is 3. The molecule has 0 saturated carbocycles. The van der Waals surface area contributed by atoms with Gasteiger partial charge in [-0.1, -0.05) is 89.2 Å². The number of para-hydroxylation sites is 1. The standard InChI is InChI=1S/C12H12Si.C6H5O/c1-3-7-11(8-4-1)13-12-9-5-2-6-10-12;7-6-4-2-1-3-5-6/h1-10H,13H2;1-5H. The Balaban J connectivity index is 0.000000178. The predicted molar refractivity (Wildman–Crippen MR) is 87.3 cm³/mol. The van der Waals surface area contributed by atoms with Gasteiger partial charge in [0, 0.05) is 0 Å². The highest BCUT2D eigenvalue weighted by Gasteiger charge is 1.93. The molecule has 99 valence electrons. The fourth-order valence-corrected chi connectivity index (χ4v) is 3.34. The Morgan fingerprint density at radius 1 is 0.500 bits per heavy atom. The molecule has 0 aliphatic carbocycles. The maximum Gasteiger partial charge on any atom is 0.178 e. The maximum absolute atomic E-state index is 10.3. The molecule has 2 heteroatoms. The second-order valence-electron chi connectivity index (χ2n) is 4.46. The van der Waals surface area contributed by atoms with Crippen LogP contribution < -0.4 is 10.4 Å². The molecule has 3 aromatic carbocycles. The van der Waals surface area contributed by atoms with Gasteiger partial charge in [-0.05, 0) is 12.1 Å². The third kappa shape index (κ3) is 5.12. The molecular weight excluding hydrogens is 260 g/mol. The van der Waals surface area contributed by atoms with Gasteiger partial charge in [-0.15, -0.1) is 0 Å². The van der Waals surface area contributed by atoms with Crippen molar-refractivity contribution < 1.29 is 5.11 Å². The van der Waals surface area contributed by atoms with Crippen LogP contribution in [0.3, 0.4) is 0 Å². The molecule has 0 aliphatic heterocycles. The summed E-state index contributed by atoms with van der Waals surface area (Å²) in [7, 11) is -0.234. The van der Waals surface area contributed by atoms with Gasteiger partial charge < -0.3 is 0 Å². The first-order chi connectivity index (χ1) is 9.84. The summed E-state index contributed by atoms with van der Waals surface area (Å²) >= 11 is 0. The molecule has 0 N–H and O–H groups in total. The lowest BCUT2D eigenvalue weighted by Gasteiger charge is -1.99. The van der Waals surface area contributed by atoms with E-state index >= 15 is 0 Å². The molecule has 3 aromatic rings. The first-order valence-electron chi connectivity index (χ1n) is 6.64. The SMILES string of the molecule is [O]c1ccccc1.c1ccc([SiH2]c2ccccc2)cc1. The summed E-state index contributed by atoms with van der Waals surface area (Å²) in [5.74, 6) is 0.0718. The zero-order valence-corrected chi connectivity index (χ0v) is 12.7. The fraction of sp³-hybridized carbons (Fsp3) is 0. The van der Waals surface area contributed by atoms with Crippen molar-refractivity contribution in [2.45, 2.75) is 0 Å². The summed E-state index contributed by atoms with van der Waals surface area (Å²) in [5.41, 5.74) is 0. The van der Waals surface area contributed by atoms with Crippen LogP contribution in [0.2, 0.25) is 0 Å². The lowest BCUT2D eigenvalue weighted by Crippen LogP contribution is -2.26. The van der Waals surface area contributed by atoms with E-state index in [1.807, 2.05) is 6.07 Å². The minimum Gasteiger partial charge on any atom is -0.290 e. The zero-order chi connectivity index (χ0) is 14.0. The lowest BCUT2D eigenvalue weighted by molar-refractivity contribution is 0.355. The van der Waals surface area contributed by atoms with E-state index in [0.717, 1.165) is 0 Å².